The van der Waals surface area contributed by atoms with Gasteiger partial charge in [-0.25, -0.2) is 0 Å². The van der Waals surface area contributed by atoms with E-state index in [1.165, 1.54) is 16.7 Å². The third kappa shape index (κ3) is 4.97. The summed E-state index contributed by atoms with van der Waals surface area (Å²) in [6.07, 6.45) is 1.51. The number of hydrogen-bond acceptors (Lipinski definition) is 4. The molecule has 134 valence electrons. The van der Waals surface area contributed by atoms with E-state index in [2.05, 4.69) is 49.1 Å². The summed E-state index contributed by atoms with van der Waals surface area (Å²) in [5, 5.41) is 10.3. The van der Waals surface area contributed by atoms with Crippen LogP contribution < -0.4 is 9.47 Å². The molecule has 1 N–H and O–H groups in total. The van der Waals surface area contributed by atoms with Crippen molar-refractivity contribution >= 4 is 0 Å². The van der Waals surface area contributed by atoms with E-state index in [0.29, 0.717) is 13.3 Å². The summed E-state index contributed by atoms with van der Waals surface area (Å²) in [5.74, 6) is 1.61. The molecule has 1 heterocycles. The first-order valence-corrected chi connectivity index (χ1v) is 8.98. The van der Waals surface area contributed by atoms with E-state index in [1.807, 2.05) is 12.1 Å². The van der Waals surface area contributed by atoms with Crippen molar-refractivity contribution in [1.29, 1.82) is 0 Å². The molecule has 1 unspecified atom stereocenters. The van der Waals surface area contributed by atoms with Crippen LogP contribution in [0.25, 0.3) is 0 Å². The minimum atomic E-state index is -0.301. The topological polar surface area (TPSA) is 41.9 Å². The second-order valence-electron chi connectivity index (χ2n) is 6.79. The summed E-state index contributed by atoms with van der Waals surface area (Å²) in [4.78, 5) is 2.29. The van der Waals surface area contributed by atoms with Gasteiger partial charge in [0.05, 0.1) is 6.10 Å². The fraction of sp³-hybridized carbons (Fsp3) is 0.429. The maximum atomic E-state index is 10.3. The SMILES string of the molecule is CCCC(O)CN(Cc1ccc(C)cc1)Cc1ccc2c(c1)OCO2. The largest absolute Gasteiger partial charge is 0.454 e. The number of rotatable bonds is 8. The molecule has 0 fully saturated rings. The zero-order chi connectivity index (χ0) is 17.6. The van der Waals surface area contributed by atoms with Crippen molar-refractivity contribution in [2.45, 2.75) is 45.9 Å². The van der Waals surface area contributed by atoms with Crippen molar-refractivity contribution in [3.8, 4) is 11.5 Å². The van der Waals surface area contributed by atoms with E-state index in [4.69, 9.17) is 9.47 Å². The lowest BCUT2D eigenvalue weighted by Gasteiger charge is -2.25. The first-order valence-electron chi connectivity index (χ1n) is 8.98. The van der Waals surface area contributed by atoms with Crippen molar-refractivity contribution in [2.24, 2.45) is 0 Å². The van der Waals surface area contributed by atoms with Gasteiger partial charge in [0.2, 0.25) is 6.79 Å². The number of benzene rings is 2. The Balaban J connectivity index is 1.71. The molecule has 25 heavy (non-hydrogen) atoms. The molecule has 0 aliphatic carbocycles. The molecule has 1 atom stereocenters. The number of aliphatic hydroxyl groups is 1. The van der Waals surface area contributed by atoms with Gasteiger partial charge in [-0.3, -0.25) is 4.90 Å². The summed E-state index contributed by atoms with van der Waals surface area (Å²) < 4.78 is 10.9. The van der Waals surface area contributed by atoms with Gasteiger partial charge in [-0.2, -0.15) is 0 Å². The highest BCUT2D eigenvalue weighted by atomic mass is 16.7. The average molecular weight is 341 g/mol. The molecule has 4 nitrogen and oxygen atoms in total. The van der Waals surface area contributed by atoms with Gasteiger partial charge in [-0.05, 0) is 36.6 Å². The number of ether oxygens (including phenoxy) is 2. The van der Waals surface area contributed by atoms with E-state index in [9.17, 15) is 5.11 Å². The lowest BCUT2D eigenvalue weighted by Crippen LogP contribution is -2.31. The predicted octanol–water partition coefficient (Wildman–Crippen LogP) is 3.89. The predicted molar refractivity (Wildman–Crippen MR) is 98.8 cm³/mol. The number of hydrogen-bond donors (Lipinski definition) is 1. The highest BCUT2D eigenvalue weighted by Gasteiger charge is 2.16. The Bertz CT molecular complexity index is 684. The zero-order valence-electron chi connectivity index (χ0n) is 15.1. The minimum Gasteiger partial charge on any atom is -0.454 e. The average Bonchev–Trinajstić information content (AvgIpc) is 3.05. The van der Waals surface area contributed by atoms with E-state index in [0.717, 1.165) is 37.4 Å². The Hall–Kier alpha value is -2.04. The van der Waals surface area contributed by atoms with Crippen LogP contribution in [0.15, 0.2) is 42.5 Å². The van der Waals surface area contributed by atoms with Crippen molar-refractivity contribution in [2.75, 3.05) is 13.3 Å². The van der Waals surface area contributed by atoms with Crippen molar-refractivity contribution < 1.29 is 14.6 Å². The summed E-state index contributed by atoms with van der Waals surface area (Å²) in [7, 11) is 0. The number of aliphatic hydroxyl groups excluding tert-OH is 1. The zero-order valence-corrected chi connectivity index (χ0v) is 15.1. The molecule has 2 aromatic carbocycles. The smallest absolute Gasteiger partial charge is 0.231 e. The normalized spacial score (nSPS) is 14.1. The fourth-order valence-corrected chi connectivity index (χ4v) is 3.16. The van der Waals surface area contributed by atoms with Crippen molar-refractivity contribution in [3.63, 3.8) is 0 Å². The molecule has 0 radical (unpaired) electrons. The fourth-order valence-electron chi connectivity index (χ4n) is 3.16. The van der Waals surface area contributed by atoms with Gasteiger partial charge in [-0.1, -0.05) is 49.2 Å². The van der Waals surface area contributed by atoms with Gasteiger partial charge >= 0.3 is 0 Å². The Kier molecular flexibility index (Phi) is 5.95. The lowest BCUT2D eigenvalue weighted by molar-refractivity contribution is 0.0970. The molecular formula is C21H27NO3. The van der Waals surface area contributed by atoms with Gasteiger partial charge < -0.3 is 14.6 Å². The molecule has 1 aliphatic heterocycles. The van der Waals surface area contributed by atoms with Crippen molar-refractivity contribution in [3.05, 3.63) is 59.2 Å². The van der Waals surface area contributed by atoms with Gasteiger partial charge in [0.15, 0.2) is 11.5 Å². The number of nitrogens with zero attached hydrogens (tertiary/aromatic N) is 1. The van der Waals surface area contributed by atoms with Crippen LogP contribution in [0.2, 0.25) is 0 Å². The molecule has 2 aromatic rings. The molecule has 3 rings (SSSR count). The van der Waals surface area contributed by atoms with Gasteiger partial charge in [0, 0.05) is 19.6 Å². The standard InChI is InChI=1S/C21H27NO3/c1-3-4-19(23)14-22(12-17-7-5-16(2)6-8-17)13-18-9-10-20-21(11-18)25-15-24-20/h5-11,19,23H,3-4,12-15H2,1-2H3. The minimum absolute atomic E-state index is 0.293. The second-order valence-corrected chi connectivity index (χ2v) is 6.79. The number of fused-ring (bicyclic) bond motifs is 1. The van der Waals surface area contributed by atoms with Crippen LogP contribution in [-0.4, -0.2) is 29.4 Å². The van der Waals surface area contributed by atoms with Crippen LogP contribution in [0.1, 0.15) is 36.5 Å². The van der Waals surface area contributed by atoms with E-state index in [1.54, 1.807) is 0 Å². The van der Waals surface area contributed by atoms with E-state index >= 15 is 0 Å². The summed E-state index contributed by atoms with van der Waals surface area (Å²) >= 11 is 0. The molecule has 0 bridgehead atoms. The van der Waals surface area contributed by atoms with Crippen LogP contribution in [-0.2, 0) is 13.1 Å². The highest BCUT2D eigenvalue weighted by Crippen LogP contribution is 2.33. The van der Waals surface area contributed by atoms with E-state index < -0.39 is 0 Å². The maximum Gasteiger partial charge on any atom is 0.231 e. The second kappa shape index (κ2) is 8.37. The molecule has 0 saturated carbocycles. The van der Waals surface area contributed by atoms with Crippen molar-refractivity contribution in [1.82, 2.24) is 4.90 Å². The summed E-state index contributed by atoms with van der Waals surface area (Å²) in [6, 6.07) is 14.7. The van der Waals surface area contributed by atoms with Crippen LogP contribution >= 0.6 is 0 Å². The Morgan fingerprint density at radius 1 is 1.00 bits per heavy atom. The molecule has 0 saturated heterocycles. The quantitative estimate of drug-likeness (QED) is 0.791. The number of aryl methyl sites for hydroxylation is 1. The van der Waals surface area contributed by atoms with Gasteiger partial charge in [0.25, 0.3) is 0 Å². The molecule has 0 aromatic heterocycles. The molecule has 0 spiro atoms. The van der Waals surface area contributed by atoms with Gasteiger partial charge in [-0.15, -0.1) is 0 Å². The maximum absolute atomic E-state index is 10.3. The lowest BCUT2D eigenvalue weighted by atomic mass is 10.1. The Morgan fingerprint density at radius 2 is 1.68 bits per heavy atom. The van der Waals surface area contributed by atoms with Crippen LogP contribution in [0.3, 0.4) is 0 Å². The first kappa shape index (κ1) is 17.8. The summed E-state index contributed by atoms with van der Waals surface area (Å²) in [6.45, 7) is 6.74. The molecule has 0 amide bonds. The molecule has 1 aliphatic rings. The Labute approximate surface area is 150 Å². The molecular weight excluding hydrogens is 314 g/mol. The molecule has 4 heteroatoms. The first-order chi connectivity index (χ1) is 12.1. The monoisotopic (exact) mass is 341 g/mol. The Morgan fingerprint density at radius 3 is 2.44 bits per heavy atom. The van der Waals surface area contributed by atoms with Crippen LogP contribution in [0, 0.1) is 6.92 Å². The van der Waals surface area contributed by atoms with Crippen LogP contribution in [0.4, 0.5) is 0 Å². The third-order valence-electron chi connectivity index (χ3n) is 4.46. The summed E-state index contributed by atoms with van der Waals surface area (Å²) in [5.41, 5.74) is 3.69. The third-order valence-corrected chi connectivity index (χ3v) is 4.46. The van der Waals surface area contributed by atoms with E-state index in [-0.39, 0.29) is 6.10 Å². The van der Waals surface area contributed by atoms with Gasteiger partial charge in [0.1, 0.15) is 0 Å². The highest BCUT2D eigenvalue weighted by molar-refractivity contribution is 5.44. The van der Waals surface area contributed by atoms with Crippen LogP contribution in [0.5, 0.6) is 11.5 Å².